The molecule has 1 atom stereocenters. The average molecular weight is 454 g/mol. The van der Waals surface area contributed by atoms with Gasteiger partial charge < -0.3 is 14.3 Å². The SMILES string of the molecule is Cc1cccn2c(=O)c3cc(C(=O)N[C@H](C)c4ccccc4)c(=N)n(Cc4ccco4)c3nc12. The van der Waals surface area contributed by atoms with Gasteiger partial charge in [0.15, 0.2) is 0 Å². The van der Waals surface area contributed by atoms with Crippen molar-refractivity contribution in [2.45, 2.75) is 26.4 Å². The third-order valence-corrected chi connectivity index (χ3v) is 5.92. The molecule has 0 radical (unpaired) electrons. The number of aromatic nitrogens is 3. The molecule has 5 rings (SSSR count). The number of furan rings is 1. The summed E-state index contributed by atoms with van der Waals surface area (Å²) in [6, 6.07) is 17.9. The first kappa shape index (κ1) is 21.4. The van der Waals surface area contributed by atoms with Crippen molar-refractivity contribution >= 4 is 22.6 Å². The van der Waals surface area contributed by atoms with Crippen LogP contribution in [-0.2, 0) is 6.54 Å². The standard InChI is InChI=1S/C26H23N5O3/c1-16-8-6-12-30-23(16)29-24-21(26(30)33)14-20(22(27)31(24)15-19-11-7-13-34-19)25(32)28-17(2)18-9-4-3-5-10-18/h3-14,17,27H,15H2,1-2H3,(H,28,32)/t17-/m1/s1. The summed E-state index contributed by atoms with van der Waals surface area (Å²) >= 11 is 0. The average Bonchev–Trinajstić information content (AvgIpc) is 3.35. The Kier molecular flexibility index (Phi) is 5.33. The van der Waals surface area contributed by atoms with Gasteiger partial charge in [0.05, 0.1) is 29.8 Å². The second kappa shape index (κ2) is 8.47. The van der Waals surface area contributed by atoms with E-state index in [1.54, 1.807) is 35.2 Å². The minimum absolute atomic E-state index is 0.0495. The summed E-state index contributed by atoms with van der Waals surface area (Å²) in [6.45, 7) is 3.91. The number of hydrogen-bond acceptors (Lipinski definition) is 5. The van der Waals surface area contributed by atoms with Crippen LogP contribution in [0, 0.1) is 12.3 Å². The summed E-state index contributed by atoms with van der Waals surface area (Å²) < 4.78 is 8.50. The number of pyridine rings is 2. The van der Waals surface area contributed by atoms with E-state index in [1.165, 1.54) is 10.5 Å². The molecule has 0 aliphatic heterocycles. The lowest BCUT2D eigenvalue weighted by Gasteiger charge is -2.17. The molecule has 0 fully saturated rings. The second-order valence-corrected chi connectivity index (χ2v) is 8.22. The summed E-state index contributed by atoms with van der Waals surface area (Å²) in [5, 5.41) is 12.1. The maximum absolute atomic E-state index is 13.4. The lowest BCUT2D eigenvalue weighted by atomic mass is 10.1. The number of benzene rings is 1. The van der Waals surface area contributed by atoms with Gasteiger partial charge in [-0.2, -0.15) is 0 Å². The first-order valence-electron chi connectivity index (χ1n) is 10.9. The number of carbonyl (C=O) groups excluding carboxylic acids is 1. The quantitative estimate of drug-likeness (QED) is 0.397. The van der Waals surface area contributed by atoms with Gasteiger partial charge in [0.25, 0.3) is 11.5 Å². The number of nitrogens with zero attached hydrogens (tertiary/aromatic N) is 3. The van der Waals surface area contributed by atoms with E-state index in [1.807, 2.05) is 50.2 Å². The van der Waals surface area contributed by atoms with Crippen molar-refractivity contribution in [3.05, 3.63) is 111 Å². The maximum atomic E-state index is 13.4. The van der Waals surface area contributed by atoms with Crippen molar-refractivity contribution in [1.82, 2.24) is 19.3 Å². The number of fused-ring (bicyclic) bond motifs is 2. The highest BCUT2D eigenvalue weighted by Crippen LogP contribution is 2.16. The summed E-state index contributed by atoms with van der Waals surface area (Å²) in [5.41, 5.74) is 2.34. The molecule has 2 N–H and O–H groups in total. The summed E-state index contributed by atoms with van der Waals surface area (Å²) in [5.74, 6) is 0.145. The van der Waals surface area contributed by atoms with Crippen LogP contribution in [0.2, 0.25) is 0 Å². The number of amides is 1. The molecule has 34 heavy (non-hydrogen) atoms. The summed E-state index contributed by atoms with van der Waals surface area (Å²) in [7, 11) is 0. The van der Waals surface area contributed by atoms with Gasteiger partial charge in [-0.15, -0.1) is 0 Å². The van der Waals surface area contributed by atoms with E-state index in [-0.39, 0.29) is 34.6 Å². The Bertz CT molecular complexity index is 1630. The Hall–Kier alpha value is -4.46. The second-order valence-electron chi connectivity index (χ2n) is 8.22. The summed E-state index contributed by atoms with van der Waals surface area (Å²) in [4.78, 5) is 31.4. The van der Waals surface area contributed by atoms with E-state index in [0.717, 1.165) is 11.1 Å². The Labute approximate surface area is 194 Å². The maximum Gasteiger partial charge on any atom is 0.267 e. The fraction of sp³-hybridized carbons (Fsp3) is 0.154. The first-order chi connectivity index (χ1) is 16.4. The molecule has 8 nitrogen and oxygen atoms in total. The van der Waals surface area contributed by atoms with E-state index in [0.29, 0.717) is 17.1 Å². The number of nitrogens with one attached hydrogen (secondary N) is 2. The van der Waals surface area contributed by atoms with E-state index in [9.17, 15) is 9.59 Å². The molecular weight excluding hydrogens is 430 g/mol. The Balaban J connectivity index is 1.71. The monoisotopic (exact) mass is 453 g/mol. The zero-order valence-corrected chi connectivity index (χ0v) is 18.8. The first-order valence-corrected chi connectivity index (χ1v) is 10.9. The van der Waals surface area contributed by atoms with Crippen LogP contribution in [0.3, 0.4) is 0 Å². The molecule has 1 aromatic carbocycles. The van der Waals surface area contributed by atoms with Gasteiger partial charge in [0.2, 0.25) is 0 Å². The highest BCUT2D eigenvalue weighted by molar-refractivity contribution is 5.97. The van der Waals surface area contributed by atoms with Crippen molar-refractivity contribution in [1.29, 1.82) is 5.41 Å². The molecule has 0 saturated carbocycles. The predicted molar refractivity (Wildman–Crippen MR) is 128 cm³/mol. The molecule has 0 aliphatic carbocycles. The van der Waals surface area contributed by atoms with Crippen LogP contribution < -0.4 is 16.4 Å². The van der Waals surface area contributed by atoms with Gasteiger partial charge in [-0.1, -0.05) is 36.4 Å². The molecule has 0 spiro atoms. The molecule has 1 amide bonds. The Morgan fingerprint density at radius 3 is 2.65 bits per heavy atom. The van der Waals surface area contributed by atoms with Gasteiger partial charge in [-0.05, 0) is 49.2 Å². The van der Waals surface area contributed by atoms with Crippen LogP contribution in [0.25, 0.3) is 16.7 Å². The van der Waals surface area contributed by atoms with Crippen LogP contribution in [0.1, 0.15) is 40.2 Å². The molecule has 4 aromatic heterocycles. The number of hydrogen-bond donors (Lipinski definition) is 2. The minimum atomic E-state index is -0.440. The van der Waals surface area contributed by atoms with Crippen LogP contribution in [0.15, 0.2) is 82.3 Å². The van der Waals surface area contributed by atoms with Crippen molar-refractivity contribution in [3.63, 3.8) is 0 Å². The fourth-order valence-corrected chi connectivity index (χ4v) is 4.08. The lowest BCUT2D eigenvalue weighted by Crippen LogP contribution is -2.36. The molecule has 0 saturated heterocycles. The third kappa shape index (κ3) is 3.69. The third-order valence-electron chi connectivity index (χ3n) is 5.92. The van der Waals surface area contributed by atoms with E-state index < -0.39 is 5.91 Å². The topological polar surface area (TPSA) is 105 Å². The highest BCUT2D eigenvalue weighted by Gasteiger charge is 2.20. The molecule has 5 aromatic rings. The van der Waals surface area contributed by atoms with Crippen LogP contribution >= 0.6 is 0 Å². The van der Waals surface area contributed by atoms with Gasteiger partial charge in [-0.25, -0.2) is 4.98 Å². The van der Waals surface area contributed by atoms with Crippen LogP contribution in [0.5, 0.6) is 0 Å². The zero-order valence-electron chi connectivity index (χ0n) is 18.8. The Morgan fingerprint density at radius 2 is 1.91 bits per heavy atom. The highest BCUT2D eigenvalue weighted by atomic mass is 16.3. The molecule has 170 valence electrons. The summed E-state index contributed by atoms with van der Waals surface area (Å²) in [6.07, 6.45) is 3.20. The lowest BCUT2D eigenvalue weighted by molar-refractivity contribution is 0.0937. The number of aryl methyl sites for hydroxylation is 1. The van der Waals surface area contributed by atoms with Gasteiger partial charge in [-0.3, -0.25) is 19.4 Å². The van der Waals surface area contributed by atoms with E-state index >= 15 is 0 Å². The largest absolute Gasteiger partial charge is 0.467 e. The van der Waals surface area contributed by atoms with Crippen molar-refractivity contribution in [3.8, 4) is 0 Å². The molecule has 0 unspecified atom stereocenters. The molecule has 8 heteroatoms. The fourth-order valence-electron chi connectivity index (χ4n) is 4.08. The van der Waals surface area contributed by atoms with Crippen LogP contribution in [-0.4, -0.2) is 19.9 Å². The molecule has 0 bridgehead atoms. The minimum Gasteiger partial charge on any atom is -0.467 e. The van der Waals surface area contributed by atoms with E-state index in [4.69, 9.17) is 14.8 Å². The van der Waals surface area contributed by atoms with Gasteiger partial charge in [0, 0.05) is 6.20 Å². The number of rotatable bonds is 5. The Morgan fingerprint density at radius 1 is 1.12 bits per heavy atom. The number of carbonyl (C=O) groups is 1. The normalized spacial score (nSPS) is 12.2. The van der Waals surface area contributed by atoms with Gasteiger partial charge >= 0.3 is 0 Å². The van der Waals surface area contributed by atoms with Crippen molar-refractivity contribution < 1.29 is 9.21 Å². The molecule has 4 heterocycles. The van der Waals surface area contributed by atoms with Crippen molar-refractivity contribution in [2.75, 3.05) is 0 Å². The predicted octanol–water partition coefficient (Wildman–Crippen LogP) is 3.57. The zero-order chi connectivity index (χ0) is 23.8. The van der Waals surface area contributed by atoms with E-state index in [2.05, 4.69) is 5.32 Å². The van der Waals surface area contributed by atoms with Crippen LogP contribution in [0.4, 0.5) is 0 Å². The smallest absolute Gasteiger partial charge is 0.267 e. The molecule has 0 aliphatic rings. The molecular formula is C26H23N5O3. The van der Waals surface area contributed by atoms with Gasteiger partial charge in [0.1, 0.15) is 22.5 Å². The van der Waals surface area contributed by atoms with Crippen molar-refractivity contribution in [2.24, 2.45) is 0 Å².